The molecule has 190 valence electrons. The van der Waals surface area contributed by atoms with Gasteiger partial charge in [-0.25, -0.2) is 23.2 Å². The summed E-state index contributed by atoms with van der Waals surface area (Å²) < 4.78 is 33.5. The Kier molecular flexibility index (Phi) is 7.18. The van der Waals surface area contributed by atoms with Crippen LogP contribution in [0.1, 0.15) is 49.9 Å². The van der Waals surface area contributed by atoms with Crippen molar-refractivity contribution in [3.63, 3.8) is 0 Å². The third kappa shape index (κ3) is 6.04. The van der Waals surface area contributed by atoms with Crippen LogP contribution in [0.15, 0.2) is 12.1 Å². The van der Waals surface area contributed by atoms with Crippen molar-refractivity contribution in [2.75, 3.05) is 6.54 Å². The number of amides is 2. The Labute approximate surface area is 201 Å². The maximum absolute atomic E-state index is 12.9. The molecule has 2 amide bonds. The molecule has 0 aliphatic heterocycles. The van der Waals surface area contributed by atoms with Crippen LogP contribution in [0.2, 0.25) is 0 Å². The molecule has 2 atom stereocenters. The lowest BCUT2D eigenvalue weighted by Crippen LogP contribution is -2.45. The maximum Gasteiger partial charge on any atom is 0.315 e. The quantitative estimate of drug-likeness (QED) is 0.516. The van der Waals surface area contributed by atoms with E-state index >= 15 is 0 Å². The molecule has 0 aromatic carbocycles. The number of pyridine rings is 1. The van der Waals surface area contributed by atoms with Crippen LogP contribution < -0.4 is 15.4 Å². The average Bonchev–Trinajstić information content (AvgIpc) is 3.16. The Bertz CT molecular complexity index is 1080. The number of hydrogen-bond acceptors (Lipinski definition) is 6. The number of nitrogens with zero attached hydrogens (tertiary/aromatic N) is 4. The first-order valence-corrected chi connectivity index (χ1v) is 11.8. The highest BCUT2D eigenvalue weighted by Crippen LogP contribution is 2.41. The number of ether oxygens (including phenoxy) is 1. The number of alkyl halides is 2. The summed E-state index contributed by atoms with van der Waals surface area (Å²) in [5, 5.41) is 22.9. The lowest BCUT2D eigenvalue weighted by Gasteiger charge is -2.34. The first kappa shape index (κ1) is 24.8. The second kappa shape index (κ2) is 10.1. The molecule has 0 radical (unpaired) electrons. The second-order valence-electron chi connectivity index (χ2n) is 9.42. The minimum Gasteiger partial charge on any atom is -0.489 e. The number of aromatic nitrogens is 4. The molecule has 2 aliphatic carbocycles. The summed E-state index contributed by atoms with van der Waals surface area (Å²) in [4.78, 5) is 28.0. The highest BCUT2D eigenvalue weighted by molar-refractivity contribution is 5.74. The van der Waals surface area contributed by atoms with Crippen molar-refractivity contribution in [1.29, 1.82) is 0 Å². The van der Waals surface area contributed by atoms with E-state index in [1.165, 1.54) is 4.68 Å². The molecular weight excluding hydrogens is 462 g/mol. The zero-order chi connectivity index (χ0) is 25.2. The molecule has 0 saturated heterocycles. The number of aryl methyl sites for hydroxylation is 2. The predicted octanol–water partition coefficient (Wildman–Crippen LogP) is 3.05. The van der Waals surface area contributed by atoms with Gasteiger partial charge in [0.2, 0.25) is 5.92 Å². The molecule has 2 aliphatic rings. The Morgan fingerprint density at radius 1 is 1.26 bits per heavy atom. The fourth-order valence-corrected chi connectivity index (χ4v) is 4.63. The van der Waals surface area contributed by atoms with E-state index in [-0.39, 0.29) is 43.9 Å². The lowest BCUT2D eigenvalue weighted by molar-refractivity contribution is -0.143. The van der Waals surface area contributed by atoms with Crippen molar-refractivity contribution in [2.45, 2.75) is 64.0 Å². The third-order valence-electron chi connectivity index (χ3n) is 6.63. The van der Waals surface area contributed by atoms with Crippen molar-refractivity contribution in [1.82, 2.24) is 30.6 Å². The number of carbonyl (C=O) groups excluding carboxylic acids is 1. The molecule has 2 fully saturated rings. The molecule has 12 heteroatoms. The highest BCUT2D eigenvalue weighted by Gasteiger charge is 2.45. The van der Waals surface area contributed by atoms with E-state index < -0.39 is 17.9 Å². The lowest BCUT2D eigenvalue weighted by atomic mass is 9.81. The second-order valence-corrected chi connectivity index (χ2v) is 9.42. The number of nitrogens with one attached hydrogen (secondary N) is 2. The summed E-state index contributed by atoms with van der Waals surface area (Å²) in [7, 11) is 1.70. The van der Waals surface area contributed by atoms with Crippen molar-refractivity contribution in [2.24, 2.45) is 18.9 Å². The van der Waals surface area contributed by atoms with Crippen LogP contribution in [0.4, 0.5) is 13.6 Å². The van der Waals surface area contributed by atoms with Gasteiger partial charge in [-0.3, -0.25) is 4.79 Å². The van der Waals surface area contributed by atoms with E-state index in [0.717, 1.165) is 12.8 Å². The minimum absolute atomic E-state index is 0.128. The van der Waals surface area contributed by atoms with Gasteiger partial charge in [-0.2, -0.15) is 0 Å². The standard InChI is InChI=1S/C23H30F2N6O4/c1-13-19(35-16-5-3-4-15(8-16)21(32)33)7-6-17(28-13)20-18(31(2)30-29-20)12-27-22(34)26-11-14-9-23(24,25)10-14/h6-7,14-16H,3-5,8-12H2,1-2H3,(H,32,33)(H2,26,27,34)/t15-,16-/m0/s1. The Morgan fingerprint density at radius 3 is 2.71 bits per heavy atom. The number of urea groups is 1. The summed E-state index contributed by atoms with van der Waals surface area (Å²) in [6, 6.07) is 3.09. The average molecular weight is 493 g/mol. The number of carboxylic acid groups (broad SMARTS) is 1. The van der Waals surface area contributed by atoms with Crippen molar-refractivity contribution >= 4 is 12.0 Å². The highest BCUT2D eigenvalue weighted by atomic mass is 19.3. The van der Waals surface area contributed by atoms with Crippen LogP contribution in [0.5, 0.6) is 5.75 Å². The fraction of sp³-hybridized carbons (Fsp3) is 0.609. The van der Waals surface area contributed by atoms with Gasteiger partial charge in [0.1, 0.15) is 11.4 Å². The molecule has 0 unspecified atom stereocenters. The first-order valence-electron chi connectivity index (χ1n) is 11.8. The number of halogens is 2. The minimum atomic E-state index is -2.61. The van der Waals surface area contributed by atoms with Gasteiger partial charge in [0.25, 0.3) is 0 Å². The zero-order valence-corrected chi connectivity index (χ0v) is 19.8. The predicted molar refractivity (Wildman–Crippen MR) is 121 cm³/mol. The Balaban J connectivity index is 1.36. The number of hydrogen-bond donors (Lipinski definition) is 3. The molecule has 3 N–H and O–H groups in total. The van der Waals surface area contributed by atoms with E-state index in [0.29, 0.717) is 41.4 Å². The van der Waals surface area contributed by atoms with Crippen LogP contribution in [0.3, 0.4) is 0 Å². The SMILES string of the molecule is Cc1nc(-c2nnn(C)c2CNC(=O)NCC2CC(F)(F)C2)ccc1O[C@H]1CCC[C@H](C(=O)O)C1. The monoisotopic (exact) mass is 492 g/mol. The van der Waals surface area contributed by atoms with E-state index in [2.05, 4.69) is 25.9 Å². The number of carbonyl (C=O) groups is 2. The van der Waals surface area contributed by atoms with Crippen LogP contribution in [0, 0.1) is 18.8 Å². The molecule has 2 heterocycles. The third-order valence-corrected chi connectivity index (χ3v) is 6.63. The number of aliphatic carboxylic acids is 1. The normalized spacial score (nSPS) is 21.7. The van der Waals surface area contributed by atoms with Crippen LogP contribution >= 0.6 is 0 Å². The summed E-state index contributed by atoms with van der Waals surface area (Å²) in [5.74, 6) is -3.40. The maximum atomic E-state index is 12.9. The van der Waals surface area contributed by atoms with Crippen LogP contribution in [0.25, 0.3) is 11.4 Å². The van der Waals surface area contributed by atoms with Crippen molar-refractivity contribution < 1.29 is 28.2 Å². The summed E-state index contributed by atoms with van der Waals surface area (Å²) >= 11 is 0. The van der Waals surface area contributed by atoms with Crippen molar-refractivity contribution in [3.05, 3.63) is 23.5 Å². The Morgan fingerprint density at radius 2 is 2.03 bits per heavy atom. The Hall–Kier alpha value is -3.31. The van der Waals surface area contributed by atoms with Gasteiger partial charge in [-0.15, -0.1) is 5.10 Å². The summed E-state index contributed by atoms with van der Waals surface area (Å²) in [5.41, 5.74) is 2.33. The molecule has 0 bridgehead atoms. The van der Waals surface area contributed by atoms with E-state index in [9.17, 15) is 23.5 Å². The fourth-order valence-electron chi connectivity index (χ4n) is 4.63. The van der Waals surface area contributed by atoms with Gasteiger partial charge in [-0.05, 0) is 50.7 Å². The van der Waals surface area contributed by atoms with Gasteiger partial charge in [-0.1, -0.05) is 5.21 Å². The number of rotatable bonds is 8. The van der Waals surface area contributed by atoms with Gasteiger partial charge in [0, 0.05) is 26.4 Å². The topological polar surface area (TPSA) is 131 Å². The molecule has 35 heavy (non-hydrogen) atoms. The van der Waals surface area contributed by atoms with Gasteiger partial charge in [0.15, 0.2) is 0 Å². The first-order chi connectivity index (χ1) is 16.6. The zero-order valence-electron chi connectivity index (χ0n) is 19.8. The summed E-state index contributed by atoms with van der Waals surface area (Å²) in [6.07, 6.45) is 2.19. The molecule has 10 nitrogen and oxygen atoms in total. The van der Waals surface area contributed by atoms with Gasteiger partial charge < -0.3 is 20.5 Å². The van der Waals surface area contributed by atoms with Crippen LogP contribution in [-0.2, 0) is 18.4 Å². The smallest absolute Gasteiger partial charge is 0.315 e. The van der Waals surface area contributed by atoms with E-state index in [1.807, 2.05) is 6.92 Å². The largest absolute Gasteiger partial charge is 0.489 e. The van der Waals surface area contributed by atoms with E-state index in [1.54, 1.807) is 19.2 Å². The molecule has 2 aromatic heterocycles. The molecule has 2 aromatic rings. The molecule has 4 rings (SSSR count). The van der Waals surface area contributed by atoms with Crippen LogP contribution in [-0.4, -0.2) is 55.7 Å². The van der Waals surface area contributed by atoms with Gasteiger partial charge >= 0.3 is 12.0 Å². The van der Waals surface area contributed by atoms with Gasteiger partial charge in [0.05, 0.1) is 35.6 Å². The number of carboxylic acids is 1. The summed E-state index contributed by atoms with van der Waals surface area (Å²) in [6.45, 7) is 2.14. The molecule has 2 saturated carbocycles. The van der Waals surface area contributed by atoms with Crippen molar-refractivity contribution in [3.8, 4) is 17.1 Å². The molecular formula is C23H30F2N6O4. The molecule has 0 spiro atoms. The van der Waals surface area contributed by atoms with E-state index in [4.69, 9.17) is 4.74 Å².